The second-order valence-corrected chi connectivity index (χ2v) is 43.4. The molecule has 0 spiro atoms. The van der Waals surface area contributed by atoms with Gasteiger partial charge in [0.05, 0.1) is 56.2 Å². The fourth-order valence-electron chi connectivity index (χ4n) is 23.5. The van der Waals surface area contributed by atoms with Gasteiger partial charge in [0, 0.05) is 41.4 Å². The van der Waals surface area contributed by atoms with Crippen molar-refractivity contribution >= 4 is 59.7 Å². The van der Waals surface area contributed by atoms with Crippen molar-refractivity contribution in [2.75, 3.05) is 0 Å². The van der Waals surface area contributed by atoms with Gasteiger partial charge < -0.3 is 47.4 Å². The van der Waals surface area contributed by atoms with Gasteiger partial charge in [0.15, 0.2) is 0 Å². The van der Waals surface area contributed by atoms with Crippen LogP contribution in [0.4, 0.5) is 0 Å². The Bertz CT molecular complexity index is 3460. The summed E-state index contributed by atoms with van der Waals surface area (Å²) in [6.07, 6.45) is 24.1. The van der Waals surface area contributed by atoms with Crippen molar-refractivity contribution < 1.29 is 95.3 Å². The third-order valence-electron chi connectivity index (χ3n) is 33.9. The predicted octanol–water partition coefficient (Wildman–Crippen LogP) is 28.8. The van der Waals surface area contributed by atoms with Gasteiger partial charge in [0.25, 0.3) is 0 Å². The zero-order chi connectivity index (χ0) is 82.3. The van der Waals surface area contributed by atoms with Gasteiger partial charge in [-0.25, -0.2) is 0 Å². The number of carbonyl (C=O) groups is 10. The summed E-state index contributed by atoms with van der Waals surface area (Å²) in [6.45, 7) is 45.7. The molecule has 130 heavy (non-hydrogen) atoms. The SMILES string of the molecule is C.C.C.C.C.C.C.C.C.C.C.C.C.C.C.C.C.C.CCC(C)(C)C(=O)OC1(C)C2CC3C(=O)OC1C3C2.CCC(C)(C)C(=O)OC1(C)C2CC3CC(C2)CC1C3.CCC(C)(C)C(=O)OC1(C)C2CC3CC(C2)CC1C3.CCC(C)(C)C(=O)OC1C2CC3C(=O)OC1(C)C3C2.CCC(C)(C)C(=O)OC1C2OC(=O)C3CC1(C)CC32.CCC(C)(C)C(=O)OC1CCC2CC1OC2=O. The Morgan fingerprint density at radius 3 is 1.06 bits per heavy atom. The Kier molecular flexibility index (Phi) is 52.1. The van der Waals surface area contributed by atoms with Crippen LogP contribution in [-0.2, 0) is 95.3 Å². The minimum absolute atomic E-state index is 0. The summed E-state index contributed by atoms with van der Waals surface area (Å²) in [5.74, 6) is 6.65. The normalized spacial score (nSPS) is 36.3. The molecule has 0 aromatic carbocycles. The zero-order valence-electron chi connectivity index (χ0n) is 72.6. The highest BCUT2D eigenvalue weighted by molar-refractivity contribution is 5.82. The first kappa shape index (κ1) is 138. The van der Waals surface area contributed by atoms with Crippen molar-refractivity contribution in [3.8, 4) is 0 Å². The summed E-state index contributed by atoms with van der Waals surface area (Å²) >= 11 is 0. The Labute approximate surface area is 801 Å². The van der Waals surface area contributed by atoms with Crippen molar-refractivity contribution in [2.24, 2.45) is 139 Å². The molecule has 18 unspecified atom stereocenters. The van der Waals surface area contributed by atoms with Gasteiger partial charge in [0.1, 0.15) is 59.0 Å². The lowest BCUT2D eigenvalue weighted by atomic mass is 9.50. The van der Waals surface area contributed by atoms with E-state index < -0.39 is 32.9 Å². The summed E-state index contributed by atoms with van der Waals surface area (Å²) in [5.41, 5.74) is -4.16. The first-order chi connectivity index (χ1) is 52.0. The maximum absolute atomic E-state index is 12.5. The average molecular weight is 1860 g/mol. The van der Waals surface area contributed by atoms with Crippen molar-refractivity contribution in [2.45, 2.75) is 512 Å². The summed E-state index contributed by atoms with van der Waals surface area (Å²) < 4.78 is 56.9. The Morgan fingerprint density at radius 1 is 0.331 bits per heavy atom. The highest BCUT2D eigenvalue weighted by Gasteiger charge is 2.73. The molecule has 20 heteroatoms. The van der Waals surface area contributed by atoms with Gasteiger partial charge in [-0.3, -0.25) is 47.9 Å². The molecular weight excluding hydrogens is 1640 g/mol. The van der Waals surface area contributed by atoms with E-state index in [9.17, 15) is 47.9 Å². The second-order valence-electron chi connectivity index (χ2n) is 43.4. The predicted molar refractivity (Wildman–Crippen MR) is 538 cm³/mol. The minimum atomic E-state index is -0.614. The molecule has 15 aliphatic carbocycles. The fraction of sp³-hybridized carbons (Fsp3) is 0.909. The lowest BCUT2D eigenvalue weighted by Gasteiger charge is -2.59. The molecule has 0 aromatic rings. The first-order valence-corrected chi connectivity index (χ1v) is 44.2. The summed E-state index contributed by atoms with van der Waals surface area (Å²) in [5, 5.41) is 0. The van der Waals surface area contributed by atoms with Crippen LogP contribution in [0, 0.1) is 139 Å². The van der Waals surface area contributed by atoms with Gasteiger partial charge in [-0.2, -0.15) is 0 Å². The average Bonchev–Trinajstić information content (AvgIpc) is 1.46. The molecule has 0 aromatic heterocycles. The molecule has 4 aliphatic heterocycles. The van der Waals surface area contributed by atoms with Crippen molar-refractivity contribution in [1.82, 2.24) is 0 Å². The van der Waals surface area contributed by atoms with E-state index in [1.807, 2.05) is 125 Å². The fourth-order valence-corrected chi connectivity index (χ4v) is 23.5. The topological polar surface area (TPSA) is 263 Å². The van der Waals surface area contributed by atoms with Crippen LogP contribution < -0.4 is 0 Å². The summed E-state index contributed by atoms with van der Waals surface area (Å²) in [6, 6.07) is 0. The molecule has 4 heterocycles. The molecule has 19 aliphatic rings. The maximum atomic E-state index is 12.5. The number of fused-ring (bicyclic) bond motifs is 5. The van der Waals surface area contributed by atoms with Crippen LogP contribution in [0.3, 0.4) is 0 Å². The number of rotatable bonds is 18. The number of esters is 10. The first-order valence-electron chi connectivity index (χ1n) is 44.2. The Morgan fingerprint density at radius 2 is 0.677 bits per heavy atom. The molecule has 20 nitrogen and oxygen atoms in total. The van der Waals surface area contributed by atoms with Crippen LogP contribution in [0.15, 0.2) is 0 Å². The third kappa shape index (κ3) is 25.0. The Hall–Kier alpha value is -5.30. The molecule has 19 fully saturated rings. The highest BCUT2D eigenvalue weighted by Crippen LogP contribution is 2.66. The molecule has 18 atom stereocenters. The van der Waals surface area contributed by atoms with Crippen LogP contribution >= 0.6 is 0 Å². The van der Waals surface area contributed by atoms with Crippen LogP contribution in [0.1, 0.15) is 453 Å². The molecule has 0 radical (unpaired) electrons. The number of ether oxygens (including phenoxy) is 10. The standard InChI is InChI=1S/2C17H28O2.3C15H22O4.C13H20O4.18CH4/c2*1-5-16(2,3)15(18)19-17(4)13-7-11-6-12(9-13)10-14(17)8-11;1-5-14(2,3)13(17)19-11-10-8-6-15(11,4)7-9(8)12(16)18-10;1-5-14(2,3)13(17)19-15(4)8-6-9-10(7-8)12(16)18-11(9)15;1-5-14(2,3)13(17)18-11-8-6-9-10(7-8)15(11,4)19-12(9)16;1-4-13(2,3)12(15)17-9-6-5-8-7-10(9)16-11(8)14;;;;;;;;;;;;;;;;;;/h2*11-14H,5-10H2,1-4H3;3*8-11H,5-7H2,1-4H3;8-10H,4-7H2,1-3H3;18*1H4. The monoisotopic (exact) mass is 1860 g/mol. The minimum Gasteiger partial charge on any atom is -0.458 e. The van der Waals surface area contributed by atoms with Crippen molar-refractivity contribution in [3.63, 3.8) is 0 Å². The molecular formula is C110H214O20. The molecule has 19 rings (SSSR count). The molecule has 0 N–H and O–H groups in total. The number of carbonyl (C=O) groups excluding carboxylic acids is 10. The quantitative estimate of drug-likeness (QED) is 0.0912. The lowest BCUT2D eigenvalue weighted by Crippen LogP contribution is -2.58. The van der Waals surface area contributed by atoms with Gasteiger partial charge in [0.2, 0.25) is 0 Å². The van der Waals surface area contributed by atoms with Crippen LogP contribution in [0.25, 0.3) is 0 Å². The highest BCUT2D eigenvalue weighted by atomic mass is 16.6. The van der Waals surface area contributed by atoms with E-state index in [0.717, 1.165) is 114 Å². The van der Waals surface area contributed by atoms with E-state index in [-0.39, 0.29) is 305 Å². The van der Waals surface area contributed by atoms with Crippen LogP contribution in [0.5, 0.6) is 0 Å². The van der Waals surface area contributed by atoms with E-state index >= 15 is 0 Å². The Balaban J connectivity index is -0.000000272. The van der Waals surface area contributed by atoms with Gasteiger partial charge >= 0.3 is 59.7 Å². The van der Waals surface area contributed by atoms with E-state index in [0.29, 0.717) is 36.0 Å². The molecule has 0 amide bonds. The lowest BCUT2D eigenvalue weighted by molar-refractivity contribution is -0.211. The van der Waals surface area contributed by atoms with Gasteiger partial charge in [-0.1, -0.05) is 182 Å². The molecule has 16 bridgehead atoms. The van der Waals surface area contributed by atoms with Gasteiger partial charge in [-0.05, 0) is 312 Å². The largest absolute Gasteiger partial charge is 0.458 e. The van der Waals surface area contributed by atoms with Crippen molar-refractivity contribution in [1.29, 1.82) is 0 Å². The second kappa shape index (κ2) is 49.1. The zero-order valence-corrected chi connectivity index (χ0v) is 72.6. The number of hydrogen-bond donors (Lipinski definition) is 0. The van der Waals surface area contributed by atoms with Crippen molar-refractivity contribution in [3.05, 3.63) is 0 Å². The summed E-state index contributed by atoms with van der Waals surface area (Å²) in [4.78, 5) is 120. The van der Waals surface area contributed by atoms with E-state index in [1.165, 1.54) is 64.2 Å². The molecule has 15 saturated carbocycles. The number of hydrogen-bond acceptors (Lipinski definition) is 20. The van der Waals surface area contributed by atoms with Crippen LogP contribution in [-0.4, -0.2) is 119 Å². The maximum Gasteiger partial charge on any atom is 0.312 e. The molecule has 774 valence electrons. The smallest absolute Gasteiger partial charge is 0.312 e. The van der Waals surface area contributed by atoms with Gasteiger partial charge in [-0.15, -0.1) is 0 Å². The van der Waals surface area contributed by atoms with E-state index in [2.05, 4.69) is 34.6 Å². The third-order valence-corrected chi connectivity index (χ3v) is 33.9. The summed E-state index contributed by atoms with van der Waals surface area (Å²) in [7, 11) is 0. The van der Waals surface area contributed by atoms with E-state index in [1.54, 1.807) is 0 Å². The van der Waals surface area contributed by atoms with E-state index in [4.69, 9.17) is 47.4 Å². The molecule has 4 saturated heterocycles. The van der Waals surface area contributed by atoms with Crippen LogP contribution in [0.2, 0.25) is 0 Å².